The maximum atomic E-state index is 12.4. The molecule has 2 aromatic rings. The highest BCUT2D eigenvalue weighted by Crippen LogP contribution is 2.29. The van der Waals surface area contributed by atoms with Crippen molar-refractivity contribution in [3.63, 3.8) is 0 Å². The second kappa shape index (κ2) is 7.92. The summed E-state index contributed by atoms with van der Waals surface area (Å²) in [6.07, 6.45) is 0.0385. The predicted molar refractivity (Wildman–Crippen MR) is 92.7 cm³/mol. The van der Waals surface area contributed by atoms with Crippen molar-refractivity contribution in [1.29, 1.82) is 0 Å². The molecule has 0 spiro atoms. The quantitative estimate of drug-likeness (QED) is 0.819. The maximum Gasteiger partial charge on any atom is 0.349 e. The SMILES string of the molecule is CCCNC(=O)[C@H](C)OC(=O)c1sccc1-c1ccc(C)cc1. The van der Waals surface area contributed by atoms with E-state index in [1.54, 1.807) is 6.92 Å². The van der Waals surface area contributed by atoms with Gasteiger partial charge in [0.25, 0.3) is 5.91 Å². The lowest BCUT2D eigenvalue weighted by molar-refractivity contribution is -0.129. The van der Waals surface area contributed by atoms with Gasteiger partial charge in [-0.15, -0.1) is 11.3 Å². The number of benzene rings is 1. The molecule has 1 heterocycles. The van der Waals surface area contributed by atoms with Crippen LogP contribution in [0.4, 0.5) is 0 Å². The van der Waals surface area contributed by atoms with Gasteiger partial charge in [-0.2, -0.15) is 0 Å². The van der Waals surface area contributed by atoms with Crippen LogP contribution in [0, 0.1) is 6.92 Å². The summed E-state index contributed by atoms with van der Waals surface area (Å²) in [5.41, 5.74) is 2.96. The molecular formula is C18H21NO3S. The van der Waals surface area contributed by atoms with Crippen LogP contribution in [0.1, 0.15) is 35.5 Å². The van der Waals surface area contributed by atoms with E-state index in [9.17, 15) is 9.59 Å². The normalized spacial score (nSPS) is 11.8. The monoisotopic (exact) mass is 331 g/mol. The first-order chi connectivity index (χ1) is 11.0. The first-order valence-corrected chi connectivity index (χ1v) is 8.54. The Kier molecular flexibility index (Phi) is 5.93. The summed E-state index contributed by atoms with van der Waals surface area (Å²) in [6, 6.07) is 9.86. The molecule has 2 rings (SSSR count). The Morgan fingerprint density at radius 2 is 1.91 bits per heavy atom. The van der Waals surface area contributed by atoms with Crippen LogP contribution >= 0.6 is 11.3 Å². The highest BCUT2D eigenvalue weighted by molar-refractivity contribution is 7.12. The highest BCUT2D eigenvalue weighted by atomic mass is 32.1. The molecule has 0 fully saturated rings. The van der Waals surface area contributed by atoms with E-state index in [-0.39, 0.29) is 5.91 Å². The number of rotatable bonds is 6. The Morgan fingerprint density at radius 3 is 2.57 bits per heavy atom. The van der Waals surface area contributed by atoms with Gasteiger partial charge in [-0.25, -0.2) is 4.79 Å². The van der Waals surface area contributed by atoms with Gasteiger partial charge >= 0.3 is 5.97 Å². The van der Waals surface area contributed by atoms with E-state index in [1.807, 2.05) is 49.6 Å². The second-order valence-electron chi connectivity index (χ2n) is 5.37. The Hall–Kier alpha value is -2.14. The zero-order valence-corrected chi connectivity index (χ0v) is 14.4. The van der Waals surface area contributed by atoms with Gasteiger partial charge in [0, 0.05) is 12.1 Å². The summed E-state index contributed by atoms with van der Waals surface area (Å²) in [6.45, 7) is 6.15. The van der Waals surface area contributed by atoms with E-state index in [0.717, 1.165) is 23.1 Å². The van der Waals surface area contributed by atoms with Crippen LogP contribution in [-0.4, -0.2) is 24.5 Å². The number of carbonyl (C=O) groups is 2. The van der Waals surface area contributed by atoms with Crippen LogP contribution in [0.25, 0.3) is 11.1 Å². The first-order valence-electron chi connectivity index (χ1n) is 7.66. The molecule has 0 saturated heterocycles. The predicted octanol–water partition coefficient (Wildman–Crippen LogP) is 3.80. The largest absolute Gasteiger partial charge is 0.448 e. The van der Waals surface area contributed by atoms with Gasteiger partial charge in [-0.1, -0.05) is 36.8 Å². The van der Waals surface area contributed by atoms with Gasteiger partial charge in [0.2, 0.25) is 0 Å². The maximum absolute atomic E-state index is 12.4. The fourth-order valence-electron chi connectivity index (χ4n) is 2.09. The van der Waals surface area contributed by atoms with Gasteiger partial charge in [0.1, 0.15) is 4.88 Å². The minimum atomic E-state index is -0.804. The zero-order chi connectivity index (χ0) is 16.8. The number of thiophene rings is 1. The Balaban J connectivity index is 2.10. The molecule has 0 aliphatic heterocycles. The average Bonchev–Trinajstić information content (AvgIpc) is 3.02. The lowest BCUT2D eigenvalue weighted by Crippen LogP contribution is -2.36. The van der Waals surface area contributed by atoms with Crippen molar-refractivity contribution in [2.45, 2.75) is 33.3 Å². The van der Waals surface area contributed by atoms with Gasteiger partial charge in [0.15, 0.2) is 6.10 Å². The molecule has 0 bridgehead atoms. The molecule has 1 aromatic carbocycles. The third-order valence-electron chi connectivity index (χ3n) is 3.42. The molecule has 1 atom stereocenters. The lowest BCUT2D eigenvalue weighted by atomic mass is 10.1. The molecule has 1 amide bonds. The topological polar surface area (TPSA) is 55.4 Å². The molecule has 0 unspecified atom stereocenters. The van der Waals surface area contributed by atoms with Crippen molar-refractivity contribution in [3.05, 3.63) is 46.2 Å². The number of aryl methyl sites for hydroxylation is 1. The summed E-state index contributed by atoms with van der Waals surface area (Å²) in [5.74, 6) is -0.733. The molecule has 5 heteroatoms. The third-order valence-corrected chi connectivity index (χ3v) is 4.31. The van der Waals surface area contributed by atoms with Gasteiger partial charge < -0.3 is 10.1 Å². The smallest absolute Gasteiger partial charge is 0.349 e. The fraction of sp³-hybridized carbons (Fsp3) is 0.333. The number of esters is 1. The van der Waals surface area contributed by atoms with Crippen LogP contribution in [0.5, 0.6) is 0 Å². The Morgan fingerprint density at radius 1 is 1.22 bits per heavy atom. The number of carbonyl (C=O) groups excluding carboxylic acids is 2. The third kappa shape index (κ3) is 4.42. The molecule has 0 radical (unpaired) electrons. The number of hydrogen-bond acceptors (Lipinski definition) is 4. The van der Waals surface area contributed by atoms with Gasteiger partial charge in [0.05, 0.1) is 0 Å². The molecular weight excluding hydrogens is 310 g/mol. The van der Waals surface area contributed by atoms with E-state index in [2.05, 4.69) is 5.32 Å². The van der Waals surface area contributed by atoms with E-state index >= 15 is 0 Å². The van der Waals surface area contributed by atoms with E-state index in [1.165, 1.54) is 11.3 Å². The molecule has 122 valence electrons. The molecule has 23 heavy (non-hydrogen) atoms. The van der Waals surface area contributed by atoms with Gasteiger partial charge in [-0.3, -0.25) is 4.79 Å². The standard InChI is InChI=1S/C18H21NO3S/c1-4-10-19-17(20)13(3)22-18(21)16-15(9-11-23-16)14-7-5-12(2)6-8-14/h5-9,11,13H,4,10H2,1-3H3,(H,19,20)/t13-/m0/s1. The van der Waals surface area contributed by atoms with Gasteiger partial charge in [-0.05, 0) is 37.3 Å². The molecule has 0 aliphatic carbocycles. The first kappa shape index (κ1) is 17.2. The van der Waals surface area contributed by atoms with Crippen LogP contribution in [0.2, 0.25) is 0 Å². The number of hydrogen-bond donors (Lipinski definition) is 1. The average molecular weight is 331 g/mol. The molecule has 1 aromatic heterocycles. The van der Waals surface area contributed by atoms with E-state index < -0.39 is 12.1 Å². The second-order valence-corrected chi connectivity index (χ2v) is 6.28. The number of amides is 1. The molecule has 1 N–H and O–H groups in total. The molecule has 4 nitrogen and oxygen atoms in total. The Bertz CT molecular complexity index is 676. The van der Waals surface area contributed by atoms with Crippen LogP contribution in [-0.2, 0) is 9.53 Å². The van der Waals surface area contributed by atoms with Crippen LogP contribution < -0.4 is 5.32 Å². The Labute approximate surface area is 140 Å². The number of nitrogens with one attached hydrogen (secondary N) is 1. The van der Waals surface area contributed by atoms with Crippen LogP contribution in [0.15, 0.2) is 35.7 Å². The van der Waals surface area contributed by atoms with E-state index in [0.29, 0.717) is 11.4 Å². The zero-order valence-electron chi connectivity index (χ0n) is 13.6. The summed E-state index contributed by atoms with van der Waals surface area (Å²) in [5, 5.41) is 4.58. The van der Waals surface area contributed by atoms with Crippen molar-refractivity contribution in [3.8, 4) is 11.1 Å². The lowest BCUT2D eigenvalue weighted by Gasteiger charge is -2.13. The summed E-state index contributed by atoms with van der Waals surface area (Å²) in [4.78, 5) is 24.7. The minimum absolute atomic E-state index is 0.270. The summed E-state index contributed by atoms with van der Waals surface area (Å²) >= 11 is 1.32. The highest BCUT2D eigenvalue weighted by Gasteiger charge is 2.22. The van der Waals surface area contributed by atoms with Crippen LogP contribution in [0.3, 0.4) is 0 Å². The van der Waals surface area contributed by atoms with Crippen molar-refractivity contribution in [2.75, 3.05) is 6.54 Å². The minimum Gasteiger partial charge on any atom is -0.448 e. The molecule has 0 aliphatic rings. The van der Waals surface area contributed by atoms with Crippen molar-refractivity contribution in [2.24, 2.45) is 0 Å². The van der Waals surface area contributed by atoms with Crippen molar-refractivity contribution in [1.82, 2.24) is 5.32 Å². The fourth-order valence-corrected chi connectivity index (χ4v) is 2.88. The summed E-state index contributed by atoms with van der Waals surface area (Å²) in [7, 11) is 0. The van der Waals surface area contributed by atoms with E-state index in [4.69, 9.17) is 4.74 Å². The number of ether oxygens (including phenoxy) is 1. The molecule has 0 saturated carbocycles. The summed E-state index contributed by atoms with van der Waals surface area (Å²) < 4.78 is 5.30. The van der Waals surface area contributed by atoms with Crippen molar-refractivity contribution >= 4 is 23.2 Å². The van der Waals surface area contributed by atoms with Crippen molar-refractivity contribution < 1.29 is 14.3 Å².